The van der Waals surface area contributed by atoms with Gasteiger partial charge in [-0.15, -0.1) is 0 Å². The van der Waals surface area contributed by atoms with Crippen LogP contribution in [0.15, 0.2) is 18.2 Å². The van der Waals surface area contributed by atoms with Gasteiger partial charge in [-0.05, 0) is 37.0 Å². The van der Waals surface area contributed by atoms with E-state index in [0.717, 1.165) is 17.1 Å². The van der Waals surface area contributed by atoms with E-state index in [-0.39, 0.29) is 6.04 Å². The zero-order valence-electron chi connectivity index (χ0n) is 11.1. The highest BCUT2D eigenvalue weighted by atomic mass is 16.5. The lowest BCUT2D eigenvalue weighted by molar-refractivity contribution is 0.345. The average molecular weight is 250 g/mol. The summed E-state index contributed by atoms with van der Waals surface area (Å²) in [4.78, 5) is 0. The molecule has 0 spiro atoms. The molecule has 0 amide bonds. The Morgan fingerprint density at radius 3 is 2.50 bits per heavy atom. The second-order valence-electron chi connectivity index (χ2n) is 4.80. The second kappa shape index (κ2) is 6.07. The fourth-order valence-electron chi connectivity index (χ4n) is 2.85. The maximum Gasteiger partial charge on any atom is 0.123 e. The van der Waals surface area contributed by atoms with Crippen LogP contribution in [0.25, 0.3) is 0 Å². The maximum absolute atomic E-state index is 5.75. The predicted molar refractivity (Wildman–Crippen MR) is 71.6 cm³/mol. The summed E-state index contributed by atoms with van der Waals surface area (Å²) in [6, 6.07) is 6.00. The van der Waals surface area contributed by atoms with Gasteiger partial charge in [-0.25, -0.2) is 0 Å². The summed E-state index contributed by atoms with van der Waals surface area (Å²) in [5, 5.41) is 0. The van der Waals surface area contributed by atoms with E-state index in [0.29, 0.717) is 5.92 Å². The van der Waals surface area contributed by atoms with Gasteiger partial charge in [-0.3, -0.25) is 11.3 Å². The Morgan fingerprint density at radius 2 is 1.94 bits per heavy atom. The minimum atomic E-state index is 0.137. The van der Waals surface area contributed by atoms with Crippen molar-refractivity contribution in [1.29, 1.82) is 0 Å². The molecule has 0 bridgehead atoms. The predicted octanol–water partition coefficient (Wildman–Crippen LogP) is 2.40. The number of hydrogen-bond donors (Lipinski definition) is 2. The molecular weight excluding hydrogens is 228 g/mol. The van der Waals surface area contributed by atoms with Crippen molar-refractivity contribution < 1.29 is 9.47 Å². The van der Waals surface area contributed by atoms with Crippen LogP contribution in [0.3, 0.4) is 0 Å². The molecule has 0 aliphatic heterocycles. The highest BCUT2D eigenvalue weighted by Gasteiger charge is 2.27. The topological polar surface area (TPSA) is 56.5 Å². The van der Waals surface area contributed by atoms with Gasteiger partial charge in [0.1, 0.15) is 11.5 Å². The molecule has 0 aromatic heterocycles. The molecule has 2 rings (SSSR count). The van der Waals surface area contributed by atoms with Gasteiger partial charge in [0, 0.05) is 5.56 Å². The number of methoxy groups -OCH3 is 2. The highest BCUT2D eigenvalue weighted by molar-refractivity contribution is 5.42. The Hall–Kier alpha value is -1.26. The summed E-state index contributed by atoms with van der Waals surface area (Å²) < 4.78 is 10.7. The summed E-state index contributed by atoms with van der Waals surface area (Å²) in [5.41, 5.74) is 4.04. The first-order chi connectivity index (χ1) is 8.80. The number of nitrogens with two attached hydrogens (primary N) is 1. The van der Waals surface area contributed by atoms with Crippen molar-refractivity contribution in [3.05, 3.63) is 23.8 Å². The molecule has 1 saturated carbocycles. The molecule has 1 atom stereocenters. The van der Waals surface area contributed by atoms with Crippen molar-refractivity contribution in [1.82, 2.24) is 5.43 Å². The third kappa shape index (κ3) is 2.60. The van der Waals surface area contributed by atoms with E-state index in [1.165, 1.54) is 25.7 Å². The molecule has 1 aromatic rings. The van der Waals surface area contributed by atoms with E-state index in [1.54, 1.807) is 14.2 Å². The zero-order chi connectivity index (χ0) is 13.0. The number of ether oxygens (including phenoxy) is 2. The van der Waals surface area contributed by atoms with Crippen LogP contribution in [0.4, 0.5) is 0 Å². The fraction of sp³-hybridized carbons (Fsp3) is 0.571. The Balaban J connectivity index is 2.32. The fourth-order valence-corrected chi connectivity index (χ4v) is 2.85. The van der Waals surface area contributed by atoms with Crippen molar-refractivity contribution in [2.24, 2.45) is 11.8 Å². The Bertz CT molecular complexity index is 389. The lowest BCUT2D eigenvalue weighted by Crippen LogP contribution is -2.33. The average Bonchev–Trinajstić information content (AvgIpc) is 2.93. The third-order valence-corrected chi connectivity index (χ3v) is 3.82. The van der Waals surface area contributed by atoms with Crippen LogP contribution in [0.5, 0.6) is 11.5 Å². The van der Waals surface area contributed by atoms with Crippen molar-refractivity contribution in [3.8, 4) is 11.5 Å². The van der Waals surface area contributed by atoms with E-state index in [9.17, 15) is 0 Å². The van der Waals surface area contributed by atoms with Crippen LogP contribution >= 0.6 is 0 Å². The Labute approximate surface area is 108 Å². The SMILES string of the molecule is COc1ccc(OC)c(C(NN)C2CCCC2)c1. The van der Waals surface area contributed by atoms with Crippen molar-refractivity contribution in [2.75, 3.05) is 14.2 Å². The van der Waals surface area contributed by atoms with E-state index in [1.807, 2.05) is 18.2 Å². The van der Waals surface area contributed by atoms with Gasteiger partial charge in [-0.2, -0.15) is 0 Å². The molecule has 18 heavy (non-hydrogen) atoms. The minimum absolute atomic E-state index is 0.137. The van der Waals surface area contributed by atoms with E-state index < -0.39 is 0 Å². The minimum Gasteiger partial charge on any atom is -0.497 e. The van der Waals surface area contributed by atoms with Crippen LogP contribution in [-0.2, 0) is 0 Å². The first kappa shape index (κ1) is 13.2. The van der Waals surface area contributed by atoms with E-state index >= 15 is 0 Å². The zero-order valence-corrected chi connectivity index (χ0v) is 11.1. The van der Waals surface area contributed by atoms with Gasteiger partial charge in [0.05, 0.1) is 20.3 Å². The second-order valence-corrected chi connectivity index (χ2v) is 4.80. The number of hydrogen-bond acceptors (Lipinski definition) is 4. The van der Waals surface area contributed by atoms with Gasteiger partial charge >= 0.3 is 0 Å². The molecule has 4 nitrogen and oxygen atoms in total. The van der Waals surface area contributed by atoms with Crippen LogP contribution < -0.4 is 20.7 Å². The molecule has 0 saturated heterocycles. The maximum atomic E-state index is 5.75. The summed E-state index contributed by atoms with van der Waals surface area (Å²) >= 11 is 0. The molecule has 0 radical (unpaired) electrons. The van der Waals surface area contributed by atoms with Crippen LogP contribution in [0.2, 0.25) is 0 Å². The molecule has 4 heteroatoms. The number of rotatable bonds is 5. The van der Waals surface area contributed by atoms with Crippen LogP contribution in [0.1, 0.15) is 37.3 Å². The molecule has 0 heterocycles. The van der Waals surface area contributed by atoms with Gasteiger partial charge in [-0.1, -0.05) is 12.8 Å². The van der Waals surface area contributed by atoms with Gasteiger partial charge in [0.15, 0.2) is 0 Å². The van der Waals surface area contributed by atoms with Crippen molar-refractivity contribution in [3.63, 3.8) is 0 Å². The summed E-state index contributed by atoms with van der Waals surface area (Å²) in [5.74, 6) is 8.04. The van der Waals surface area contributed by atoms with Crippen molar-refractivity contribution >= 4 is 0 Å². The molecule has 100 valence electrons. The van der Waals surface area contributed by atoms with Gasteiger partial charge < -0.3 is 9.47 Å². The molecule has 1 aromatic carbocycles. The smallest absolute Gasteiger partial charge is 0.123 e. The van der Waals surface area contributed by atoms with Crippen LogP contribution in [-0.4, -0.2) is 14.2 Å². The van der Waals surface area contributed by atoms with E-state index in [2.05, 4.69) is 5.43 Å². The number of benzene rings is 1. The quantitative estimate of drug-likeness (QED) is 0.622. The molecule has 3 N–H and O–H groups in total. The van der Waals surface area contributed by atoms with E-state index in [4.69, 9.17) is 15.3 Å². The number of nitrogens with one attached hydrogen (secondary N) is 1. The normalized spacial score (nSPS) is 17.7. The molecule has 1 unspecified atom stereocenters. The van der Waals surface area contributed by atoms with Gasteiger partial charge in [0.25, 0.3) is 0 Å². The van der Waals surface area contributed by atoms with Crippen LogP contribution in [0, 0.1) is 5.92 Å². The molecule has 1 fully saturated rings. The number of hydrazine groups is 1. The third-order valence-electron chi connectivity index (χ3n) is 3.82. The van der Waals surface area contributed by atoms with Gasteiger partial charge in [0.2, 0.25) is 0 Å². The van der Waals surface area contributed by atoms with Crippen molar-refractivity contribution in [2.45, 2.75) is 31.7 Å². The lowest BCUT2D eigenvalue weighted by Gasteiger charge is -2.25. The molecule has 1 aliphatic carbocycles. The highest BCUT2D eigenvalue weighted by Crippen LogP contribution is 2.39. The first-order valence-electron chi connectivity index (χ1n) is 6.48. The standard InChI is InChI=1S/C14H22N2O2/c1-17-11-7-8-13(18-2)12(9-11)14(16-15)10-5-3-4-6-10/h7-10,14,16H,3-6,15H2,1-2H3. The monoisotopic (exact) mass is 250 g/mol. The summed E-state index contributed by atoms with van der Waals surface area (Å²) in [7, 11) is 3.36. The molecular formula is C14H22N2O2. The molecule has 1 aliphatic rings. The Morgan fingerprint density at radius 1 is 1.22 bits per heavy atom. The Kier molecular flexibility index (Phi) is 4.44. The summed E-state index contributed by atoms with van der Waals surface area (Å²) in [6.07, 6.45) is 5.01. The largest absolute Gasteiger partial charge is 0.497 e. The first-order valence-corrected chi connectivity index (χ1v) is 6.48. The lowest BCUT2D eigenvalue weighted by atomic mass is 9.91. The summed E-state index contributed by atoms with van der Waals surface area (Å²) in [6.45, 7) is 0.